The number of alkyl halides is 3. The molecule has 0 aliphatic heterocycles. The van der Waals surface area contributed by atoms with Gasteiger partial charge in [-0.05, 0) is 29.8 Å². The minimum Gasteiger partial charge on any atom is -0.425 e. The zero-order valence-corrected chi connectivity index (χ0v) is 22.9. The molecule has 4 rings (SSSR count). The normalized spacial score (nSPS) is 11.6. The Hall–Kier alpha value is -3.30. The molecule has 0 unspecified atom stereocenters. The molecule has 0 atom stereocenters. The second-order valence-electron chi connectivity index (χ2n) is 8.11. The number of aryl methyl sites for hydroxylation is 1. The lowest BCUT2D eigenvalue weighted by atomic mass is 10.2. The summed E-state index contributed by atoms with van der Waals surface area (Å²) in [5.74, 6) is -0.541. The third-order valence-corrected chi connectivity index (χ3v) is 5.81. The summed E-state index contributed by atoms with van der Waals surface area (Å²) in [7, 11) is 2.73. The highest BCUT2D eigenvalue weighted by molar-refractivity contribution is 14.1. The molecule has 2 heterocycles. The molecule has 14 heteroatoms. The minimum atomic E-state index is -3.44. The molecule has 0 aliphatic rings. The molecule has 10 nitrogen and oxygen atoms in total. The van der Waals surface area contributed by atoms with Crippen LogP contribution in [0.25, 0.3) is 11.2 Å². The van der Waals surface area contributed by atoms with Crippen molar-refractivity contribution in [3.8, 4) is 17.5 Å². The van der Waals surface area contributed by atoms with Gasteiger partial charge in [0.05, 0.1) is 35.7 Å². The zero-order chi connectivity index (χ0) is 27.6. The van der Waals surface area contributed by atoms with E-state index in [1.807, 2.05) is 0 Å². The number of imidazole rings is 1. The molecule has 2 aromatic heterocycles. The molecule has 2 aromatic carbocycles. The summed E-state index contributed by atoms with van der Waals surface area (Å²) in [6, 6.07) is 12.2. The molecular formula is C24H20ClF2IN4O6. The zero-order valence-electron chi connectivity index (χ0n) is 20.0. The average Bonchev–Trinajstić information content (AvgIpc) is 3.19. The average molecular weight is 661 g/mol. The van der Waals surface area contributed by atoms with Crippen molar-refractivity contribution in [2.24, 2.45) is 7.05 Å². The summed E-state index contributed by atoms with van der Waals surface area (Å²) in [5, 5.41) is 0.506. The van der Waals surface area contributed by atoms with Crippen molar-refractivity contribution in [2.45, 2.75) is 17.2 Å². The first-order valence-electron chi connectivity index (χ1n) is 11.0. The molecule has 0 radical (unpaired) electrons. The van der Waals surface area contributed by atoms with E-state index in [1.165, 1.54) is 43.0 Å². The van der Waals surface area contributed by atoms with Crippen molar-refractivity contribution in [1.82, 2.24) is 18.7 Å². The van der Waals surface area contributed by atoms with Gasteiger partial charge in [0.15, 0.2) is 16.9 Å². The number of nitrogens with zero attached hydrogens (tertiary/aromatic N) is 4. The number of hydrogen-bond acceptors (Lipinski definition) is 7. The van der Waals surface area contributed by atoms with E-state index in [0.717, 1.165) is 37.3 Å². The Morgan fingerprint density at radius 3 is 2.45 bits per heavy atom. The summed E-state index contributed by atoms with van der Waals surface area (Å²) in [4.78, 5) is 43.0. The first kappa shape index (κ1) is 27.7. The van der Waals surface area contributed by atoms with Crippen molar-refractivity contribution >= 4 is 51.1 Å². The van der Waals surface area contributed by atoms with Gasteiger partial charge in [-0.25, -0.2) is 4.79 Å². The van der Waals surface area contributed by atoms with Crippen LogP contribution in [0.15, 0.2) is 58.1 Å². The molecule has 0 fully saturated rings. The van der Waals surface area contributed by atoms with Crippen LogP contribution >= 0.6 is 34.2 Å². The number of carbonyl (C=O) groups is 1. The van der Waals surface area contributed by atoms with Crippen molar-refractivity contribution in [3.05, 3.63) is 80.0 Å². The summed E-state index contributed by atoms with van der Waals surface area (Å²) in [6.45, 7) is -0.702. The highest BCUT2D eigenvalue weighted by atomic mass is 127. The van der Waals surface area contributed by atoms with Gasteiger partial charge in [0.2, 0.25) is 0 Å². The van der Waals surface area contributed by atoms with Crippen LogP contribution in [-0.2, 0) is 29.7 Å². The van der Waals surface area contributed by atoms with E-state index >= 15 is 0 Å². The summed E-state index contributed by atoms with van der Waals surface area (Å²) >= 11 is 6.85. The third kappa shape index (κ3) is 6.22. The number of ether oxygens (including phenoxy) is 3. The topological polar surface area (TPSA) is 107 Å². The lowest BCUT2D eigenvalue weighted by Gasteiger charge is -2.13. The number of halogens is 4. The monoisotopic (exact) mass is 660 g/mol. The van der Waals surface area contributed by atoms with Gasteiger partial charge < -0.3 is 14.2 Å². The Labute approximate surface area is 232 Å². The molecule has 0 amide bonds. The van der Waals surface area contributed by atoms with E-state index < -0.39 is 27.7 Å². The highest BCUT2D eigenvalue weighted by Gasteiger charge is 2.27. The maximum Gasteiger partial charge on any atom is 0.451 e. The van der Waals surface area contributed by atoms with Gasteiger partial charge >= 0.3 is 15.8 Å². The second-order valence-corrected chi connectivity index (χ2v) is 9.80. The van der Waals surface area contributed by atoms with Crippen LogP contribution in [0, 0.1) is 0 Å². The lowest BCUT2D eigenvalue weighted by Crippen LogP contribution is -2.41. The number of fused-ring (bicyclic) bond motifs is 1. The predicted molar refractivity (Wildman–Crippen MR) is 143 cm³/mol. The number of hydrogen-bond donors (Lipinski definition) is 0. The molecular weight excluding hydrogens is 641 g/mol. The van der Waals surface area contributed by atoms with E-state index in [4.69, 9.17) is 21.1 Å². The fraction of sp³-hybridized carbons (Fsp3) is 0.250. The molecule has 0 saturated heterocycles. The molecule has 0 saturated carbocycles. The lowest BCUT2D eigenvalue weighted by molar-refractivity contribution is -0.123. The van der Waals surface area contributed by atoms with Gasteiger partial charge in [0.25, 0.3) is 5.56 Å². The summed E-state index contributed by atoms with van der Waals surface area (Å²) < 4.78 is 41.9. The first-order chi connectivity index (χ1) is 18.0. The molecule has 0 N–H and O–H groups in total. The van der Waals surface area contributed by atoms with Gasteiger partial charge in [0, 0.05) is 25.2 Å². The van der Waals surface area contributed by atoms with Gasteiger partial charge in [-0.15, -0.1) is 0 Å². The Kier molecular flexibility index (Phi) is 8.18. The standard InChI is InChI=1S/C24H20ClF2IN4O6/c1-30-20-19(21(34)32(23(30)35)12-16(33)13-36-2)31(11-14-6-8-15(25)9-7-14)22(29-20)37-17-4-3-5-18(10-17)38-24(26,27)28/h3-10H,11-13H2,1-2H3. The van der Waals surface area contributed by atoms with Crippen LogP contribution in [0.2, 0.25) is 5.02 Å². The first-order valence-corrected chi connectivity index (χ1v) is 12.4. The molecule has 0 aliphatic carbocycles. The third-order valence-electron chi connectivity index (χ3n) is 5.34. The SMILES string of the molecule is COCC(=O)Cn1c(=O)c2c(nc(Oc3cccc(OC(F)(F)I)c3)n2Cc2ccc(Cl)cc2)n(C)c1=O. The van der Waals surface area contributed by atoms with Crippen LogP contribution in [-0.4, -0.2) is 42.3 Å². The number of ketones is 1. The van der Waals surface area contributed by atoms with Crippen molar-refractivity contribution < 1.29 is 27.8 Å². The van der Waals surface area contributed by atoms with E-state index in [1.54, 1.807) is 24.3 Å². The van der Waals surface area contributed by atoms with E-state index in [-0.39, 0.29) is 41.8 Å². The van der Waals surface area contributed by atoms with Gasteiger partial charge in [-0.2, -0.15) is 13.8 Å². The quantitative estimate of drug-likeness (QED) is 0.187. The smallest absolute Gasteiger partial charge is 0.425 e. The Bertz CT molecular complexity index is 1610. The van der Waals surface area contributed by atoms with Crippen LogP contribution in [0.1, 0.15) is 5.56 Å². The summed E-state index contributed by atoms with van der Waals surface area (Å²) in [5.41, 5.74) is -0.797. The molecule has 0 spiro atoms. The number of aromatic nitrogens is 4. The fourth-order valence-electron chi connectivity index (χ4n) is 3.71. The molecule has 0 bridgehead atoms. The van der Waals surface area contributed by atoms with E-state index in [0.29, 0.717) is 5.02 Å². The van der Waals surface area contributed by atoms with Gasteiger partial charge in [0.1, 0.15) is 18.1 Å². The number of carbonyl (C=O) groups excluding carboxylic acids is 1. The van der Waals surface area contributed by atoms with Crippen LogP contribution < -0.4 is 20.7 Å². The number of methoxy groups -OCH3 is 1. The predicted octanol–water partition coefficient (Wildman–Crippen LogP) is 3.97. The Balaban J connectivity index is 1.87. The number of rotatable bonds is 10. The molecule has 4 aromatic rings. The summed E-state index contributed by atoms with van der Waals surface area (Å²) in [6.07, 6.45) is 0. The van der Waals surface area contributed by atoms with Crippen molar-refractivity contribution in [3.63, 3.8) is 0 Å². The Morgan fingerprint density at radius 1 is 1.11 bits per heavy atom. The van der Waals surface area contributed by atoms with Crippen molar-refractivity contribution in [2.75, 3.05) is 13.7 Å². The minimum absolute atomic E-state index is 0.00519. The van der Waals surface area contributed by atoms with E-state index in [9.17, 15) is 23.2 Å². The number of Topliss-reactive ketones (excluding diaryl/α,β-unsaturated/α-hetero) is 1. The number of benzene rings is 2. The van der Waals surface area contributed by atoms with Crippen molar-refractivity contribution in [1.29, 1.82) is 0 Å². The van der Waals surface area contributed by atoms with Crippen LogP contribution in [0.3, 0.4) is 0 Å². The fourth-order valence-corrected chi connectivity index (χ4v) is 4.09. The maximum absolute atomic E-state index is 13.5. The van der Waals surface area contributed by atoms with Gasteiger partial charge in [-0.3, -0.25) is 23.3 Å². The molecule has 38 heavy (non-hydrogen) atoms. The second kappa shape index (κ2) is 11.2. The van der Waals surface area contributed by atoms with Gasteiger partial charge in [-0.1, -0.05) is 29.8 Å². The highest BCUT2D eigenvalue weighted by Crippen LogP contribution is 2.32. The van der Waals surface area contributed by atoms with Crippen LogP contribution in [0.4, 0.5) is 8.78 Å². The van der Waals surface area contributed by atoms with Crippen LogP contribution in [0.5, 0.6) is 17.5 Å². The molecule has 200 valence electrons. The Morgan fingerprint density at radius 2 is 1.79 bits per heavy atom. The largest absolute Gasteiger partial charge is 0.451 e. The van der Waals surface area contributed by atoms with E-state index in [2.05, 4.69) is 9.72 Å². The maximum atomic E-state index is 13.5.